The van der Waals surface area contributed by atoms with Crippen molar-refractivity contribution in [1.29, 1.82) is 0 Å². The fourth-order valence-electron chi connectivity index (χ4n) is 12.8. The Morgan fingerprint density at radius 1 is 0.902 bits per heavy atom. The Morgan fingerprint density at radius 2 is 1.69 bits per heavy atom. The molecule has 9 heterocycles. The van der Waals surface area contributed by atoms with E-state index in [1.807, 2.05) is 31.2 Å². The Labute approximate surface area is 360 Å². The molecule has 9 aliphatic rings. The number of fused-ring (bicyclic) bond motifs is 5. The van der Waals surface area contributed by atoms with Gasteiger partial charge in [-0.3, -0.25) is 10.1 Å². The van der Waals surface area contributed by atoms with E-state index in [2.05, 4.69) is 39.6 Å². The van der Waals surface area contributed by atoms with Crippen molar-refractivity contribution in [3.05, 3.63) is 36.5 Å². The van der Waals surface area contributed by atoms with Crippen molar-refractivity contribution < 1.29 is 63.1 Å². The summed E-state index contributed by atoms with van der Waals surface area (Å²) in [7, 11) is 0. The van der Waals surface area contributed by atoms with Gasteiger partial charge in [0, 0.05) is 75.7 Å². The maximum atomic E-state index is 12.4. The van der Waals surface area contributed by atoms with Gasteiger partial charge >= 0.3 is 5.97 Å². The number of piperidine rings is 1. The van der Waals surface area contributed by atoms with E-state index in [0.717, 1.165) is 25.8 Å². The van der Waals surface area contributed by atoms with Gasteiger partial charge in [0.2, 0.25) is 0 Å². The number of ether oxygens (including phenoxy) is 8. The molecule has 61 heavy (non-hydrogen) atoms. The van der Waals surface area contributed by atoms with E-state index in [1.54, 1.807) is 6.92 Å². The Hall–Kier alpha value is -1.79. The lowest BCUT2D eigenvalue weighted by atomic mass is 9.74. The summed E-state index contributed by atoms with van der Waals surface area (Å²) in [6.45, 7) is 17.8. The van der Waals surface area contributed by atoms with Crippen molar-refractivity contribution in [2.75, 3.05) is 6.54 Å². The first kappa shape index (κ1) is 44.4. The summed E-state index contributed by atoms with van der Waals surface area (Å²) in [5.74, 6) is -5.86. The van der Waals surface area contributed by atoms with Gasteiger partial charge in [0.05, 0.1) is 48.8 Å². The molecule has 14 heteroatoms. The molecule has 6 unspecified atom stereocenters. The van der Waals surface area contributed by atoms with Crippen LogP contribution in [0.25, 0.3) is 0 Å². The first-order chi connectivity index (χ1) is 28.9. The smallest absolute Gasteiger partial charge is 0.303 e. The number of carbonyl (C=O) groups is 1. The highest BCUT2D eigenvalue weighted by molar-refractivity contribution is 5.66. The molecule has 0 aliphatic carbocycles. The highest BCUT2D eigenvalue weighted by Gasteiger charge is 2.65. The first-order valence-electron chi connectivity index (χ1n) is 23.4. The number of carboxylic acid groups (broad SMARTS) is 1. The van der Waals surface area contributed by atoms with Crippen LogP contribution in [0.2, 0.25) is 0 Å². The number of nitrogens with one attached hydrogen (secondary N) is 1. The molecule has 8 saturated heterocycles. The monoisotopic (exact) mass is 857 g/mol. The summed E-state index contributed by atoms with van der Waals surface area (Å²) in [5.41, 5.74) is 0.190. The zero-order chi connectivity index (χ0) is 43.3. The van der Waals surface area contributed by atoms with E-state index in [9.17, 15) is 20.1 Å². The summed E-state index contributed by atoms with van der Waals surface area (Å²) in [6.07, 6.45) is 8.90. The normalized spacial score (nSPS) is 53.4. The minimum atomic E-state index is -2.16. The standard InChI is InChI=1S/C47H71NO13/c1-25-18-35-41-37(23-45(59-41)28(4)17-26(2)24-48-45)57-44(21-25,56-35)22-27(3)40-30(6)39(51)31(7)47(53,60-40)42(52)36-20-34-33(54-36)19-29(5)46(58-34)16-15-43(61-46)14-10-12-32(55-43)11-8-9-13-38(49)50/h8,10-12,25-26,28-37,39-42,48,51-53H,3,9,13-24H2,1-2,4-7H3,(H,49,50)/b11-8+/t25-,26+,28-,29+,30-,31+,32+,33?,34?,35+,36?,37?,39+,40?,41?,42+,43-,44-,45-,46+,47+/m0/s1. The van der Waals surface area contributed by atoms with Crippen LogP contribution in [0, 0.1) is 35.5 Å². The lowest BCUT2D eigenvalue weighted by Gasteiger charge is -2.54. The molecule has 5 N–H and O–H groups in total. The van der Waals surface area contributed by atoms with Crippen LogP contribution in [0.15, 0.2) is 36.5 Å². The number of allylic oxidation sites excluding steroid dienone is 1. The van der Waals surface area contributed by atoms with Crippen molar-refractivity contribution >= 4 is 5.97 Å². The maximum Gasteiger partial charge on any atom is 0.303 e. The van der Waals surface area contributed by atoms with Gasteiger partial charge in [0.25, 0.3) is 0 Å². The van der Waals surface area contributed by atoms with Crippen molar-refractivity contribution in [2.45, 2.75) is 209 Å². The van der Waals surface area contributed by atoms with Crippen LogP contribution in [0.5, 0.6) is 0 Å². The minimum absolute atomic E-state index is 0.0558. The number of hydrogen-bond acceptors (Lipinski definition) is 13. The highest BCUT2D eigenvalue weighted by atomic mass is 16.8. The SMILES string of the molecule is C=C(C[C@@]12C[C@@H](C)C[C@@H](O1)C1O[C@]3(CC1O2)NC[C@H](C)C[C@@H]3C)C1O[C@@](O)([C@H](O)C2CC3O[C@@]4(CC[C@]5(CC=C[C@@H](/C=C/CCC(=O)O)O5)O4)[C@H](C)CC3O2)[C@H](C)[C@H](O)[C@@H]1C. The Morgan fingerprint density at radius 3 is 2.46 bits per heavy atom. The summed E-state index contributed by atoms with van der Waals surface area (Å²) in [6, 6.07) is 0. The first-order valence-corrected chi connectivity index (χ1v) is 23.4. The van der Waals surface area contributed by atoms with Gasteiger partial charge in [-0.05, 0) is 49.0 Å². The van der Waals surface area contributed by atoms with Crippen LogP contribution < -0.4 is 5.32 Å². The fourth-order valence-corrected chi connectivity index (χ4v) is 12.8. The van der Waals surface area contributed by atoms with E-state index >= 15 is 0 Å². The van der Waals surface area contributed by atoms with Gasteiger partial charge < -0.3 is 58.3 Å². The summed E-state index contributed by atoms with van der Waals surface area (Å²) < 4.78 is 53.9. The minimum Gasteiger partial charge on any atom is -0.481 e. The summed E-state index contributed by atoms with van der Waals surface area (Å²) in [4.78, 5) is 11.0. The van der Waals surface area contributed by atoms with Gasteiger partial charge in [0.1, 0.15) is 17.9 Å². The maximum absolute atomic E-state index is 12.4. The topological polar surface area (TPSA) is 184 Å². The van der Waals surface area contributed by atoms with Crippen LogP contribution >= 0.6 is 0 Å². The number of hydrogen-bond donors (Lipinski definition) is 5. The molecular formula is C47H71NO13. The second-order valence-electron chi connectivity index (χ2n) is 20.9. The fraction of sp³-hybridized carbons (Fsp3) is 0.851. The number of carboxylic acids is 1. The molecule has 0 aromatic carbocycles. The van der Waals surface area contributed by atoms with Crippen molar-refractivity contribution in [2.24, 2.45) is 35.5 Å². The lowest BCUT2D eigenvalue weighted by Crippen LogP contribution is -2.65. The molecule has 3 spiro atoms. The predicted molar refractivity (Wildman–Crippen MR) is 220 cm³/mol. The molecule has 0 aromatic heterocycles. The third-order valence-electron chi connectivity index (χ3n) is 16.2. The van der Waals surface area contributed by atoms with E-state index in [1.165, 1.54) is 0 Å². The quantitative estimate of drug-likeness (QED) is 0.190. The molecule has 342 valence electrons. The average Bonchev–Trinajstić information content (AvgIpc) is 3.89. The molecule has 0 aromatic rings. The van der Waals surface area contributed by atoms with Crippen LogP contribution in [0.4, 0.5) is 0 Å². The van der Waals surface area contributed by atoms with Crippen LogP contribution in [0.1, 0.15) is 119 Å². The third-order valence-corrected chi connectivity index (χ3v) is 16.2. The highest BCUT2D eigenvalue weighted by Crippen LogP contribution is 2.56. The Kier molecular flexibility index (Phi) is 11.8. The zero-order valence-corrected chi connectivity index (χ0v) is 36.9. The van der Waals surface area contributed by atoms with Crippen molar-refractivity contribution in [3.8, 4) is 0 Å². The van der Waals surface area contributed by atoms with Crippen molar-refractivity contribution in [1.82, 2.24) is 5.32 Å². The van der Waals surface area contributed by atoms with Crippen molar-refractivity contribution in [3.63, 3.8) is 0 Å². The molecule has 21 atom stereocenters. The molecular weight excluding hydrogens is 787 g/mol. The van der Waals surface area contributed by atoms with Gasteiger partial charge in [-0.25, -0.2) is 0 Å². The molecule has 2 bridgehead atoms. The molecule has 0 radical (unpaired) electrons. The average molecular weight is 858 g/mol. The van der Waals surface area contributed by atoms with E-state index in [4.69, 9.17) is 43.0 Å². The summed E-state index contributed by atoms with van der Waals surface area (Å²) >= 11 is 0. The van der Waals surface area contributed by atoms with Gasteiger partial charge in [-0.15, -0.1) is 0 Å². The predicted octanol–water partition coefficient (Wildman–Crippen LogP) is 5.23. The van der Waals surface area contributed by atoms with Crippen LogP contribution in [-0.2, 0) is 42.7 Å². The molecule has 8 fully saturated rings. The van der Waals surface area contributed by atoms with Gasteiger partial charge in [0.15, 0.2) is 23.1 Å². The third kappa shape index (κ3) is 7.94. The van der Waals surface area contributed by atoms with Gasteiger partial charge in [-0.1, -0.05) is 72.4 Å². The molecule has 9 rings (SSSR count). The van der Waals surface area contributed by atoms with E-state index in [-0.39, 0.29) is 42.9 Å². The number of aliphatic carboxylic acids is 1. The Bertz CT molecular complexity index is 1730. The number of aliphatic hydroxyl groups is 3. The number of rotatable bonds is 9. The molecule has 14 nitrogen and oxygen atoms in total. The Balaban J connectivity index is 0.860. The molecule has 0 amide bonds. The van der Waals surface area contributed by atoms with E-state index < -0.39 is 77.2 Å². The molecule has 0 saturated carbocycles. The molecule has 9 aliphatic heterocycles. The van der Waals surface area contributed by atoms with Gasteiger partial charge in [-0.2, -0.15) is 0 Å². The second-order valence-corrected chi connectivity index (χ2v) is 20.9. The number of aliphatic hydroxyl groups excluding tert-OH is 2. The van der Waals surface area contributed by atoms with E-state index in [0.29, 0.717) is 74.7 Å². The zero-order valence-electron chi connectivity index (χ0n) is 36.9. The van der Waals surface area contributed by atoms with Crippen LogP contribution in [0.3, 0.4) is 0 Å². The largest absolute Gasteiger partial charge is 0.481 e. The van der Waals surface area contributed by atoms with Crippen LogP contribution in [-0.4, -0.2) is 123 Å². The lowest BCUT2D eigenvalue weighted by molar-refractivity contribution is -0.371. The second kappa shape index (κ2) is 16.3. The summed E-state index contributed by atoms with van der Waals surface area (Å²) in [5, 5.41) is 49.0.